The predicted molar refractivity (Wildman–Crippen MR) is 201 cm³/mol. The molecule has 2 aromatic heterocycles. The Morgan fingerprint density at radius 3 is 1.47 bits per heavy atom. The maximum absolute atomic E-state index is 2.49. The normalized spacial score (nSPS) is 12.4. The maximum atomic E-state index is 2.49. The van der Waals surface area contributed by atoms with E-state index in [1.54, 1.807) is 0 Å². The van der Waals surface area contributed by atoms with Crippen molar-refractivity contribution < 1.29 is 0 Å². The SMILES string of the molecule is Cc1cccc(C)c1B1c2ccc(-n3c4ccccc4c4ccccc43)cc2-c2c1cccc2-n1c2ccccc2c2ccccc21. The molecule has 0 aliphatic carbocycles. The third-order valence-electron chi connectivity index (χ3n) is 10.5. The summed E-state index contributed by atoms with van der Waals surface area (Å²) in [5.41, 5.74) is 16.8. The van der Waals surface area contributed by atoms with Gasteiger partial charge >= 0.3 is 0 Å². The van der Waals surface area contributed by atoms with Gasteiger partial charge in [0, 0.05) is 32.8 Å². The summed E-state index contributed by atoms with van der Waals surface area (Å²) in [6, 6.07) is 56.1. The van der Waals surface area contributed by atoms with Gasteiger partial charge in [0.1, 0.15) is 0 Å². The minimum atomic E-state index is 0.154. The van der Waals surface area contributed by atoms with E-state index in [9.17, 15) is 0 Å². The van der Waals surface area contributed by atoms with Crippen LogP contribution in [0.2, 0.25) is 0 Å². The largest absolute Gasteiger partial charge is 0.309 e. The highest BCUT2D eigenvalue weighted by molar-refractivity contribution is 6.99. The van der Waals surface area contributed by atoms with Crippen LogP contribution in [0.15, 0.2) is 152 Å². The Hall–Kier alpha value is -5.80. The molecule has 0 N–H and O–H groups in total. The monoisotopic (exact) mass is 598 g/mol. The molecule has 0 unspecified atom stereocenters. The molecule has 0 saturated heterocycles. The number of fused-ring (bicyclic) bond motifs is 9. The molecule has 9 aromatic rings. The van der Waals surface area contributed by atoms with Crippen LogP contribution in [0.25, 0.3) is 66.1 Å². The highest BCUT2D eigenvalue weighted by atomic mass is 15.0. The van der Waals surface area contributed by atoms with Crippen LogP contribution in [-0.4, -0.2) is 15.8 Å². The third kappa shape index (κ3) is 3.63. The lowest BCUT2D eigenvalue weighted by Crippen LogP contribution is -2.51. The van der Waals surface area contributed by atoms with Crippen molar-refractivity contribution in [2.45, 2.75) is 13.8 Å². The van der Waals surface area contributed by atoms with Gasteiger partial charge in [0.05, 0.1) is 27.8 Å². The first kappa shape index (κ1) is 26.4. The van der Waals surface area contributed by atoms with Crippen LogP contribution in [0.1, 0.15) is 11.1 Å². The number of nitrogens with zero attached hydrogens (tertiary/aromatic N) is 2. The molecule has 0 fully saturated rings. The quantitative estimate of drug-likeness (QED) is 0.180. The van der Waals surface area contributed by atoms with Crippen LogP contribution in [0.3, 0.4) is 0 Å². The third-order valence-corrected chi connectivity index (χ3v) is 10.5. The van der Waals surface area contributed by atoms with E-state index in [1.165, 1.54) is 93.6 Å². The fourth-order valence-electron chi connectivity index (χ4n) is 8.57. The smallest absolute Gasteiger partial charge is 0.243 e. The molecule has 0 atom stereocenters. The van der Waals surface area contributed by atoms with E-state index < -0.39 is 0 Å². The molecule has 0 amide bonds. The van der Waals surface area contributed by atoms with Crippen molar-refractivity contribution in [2.75, 3.05) is 0 Å². The van der Waals surface area contributed by atoms with Crippen molar-refractivity contribution in [2.24, 2.45) is 0 Å². The Morgan fingerprint density at radius 2 is 0.915 bits per heavy atom. The second-order valence-corrected chi connectivity index (χ2v) is 13.0. The summed E-state index contributed by atoms with van der Waals surface area (Å²) >= 11 is 0. The Morgan fingerprint density at radius 1 is 0.426 bits per heavy atom. The van der Waals surface area contributed by atoms with Gasteiger partial charge in [-0.15, -0.1) is 0 Å². The van der Waals surface area contributed by atoms with E-state index >= 15 is 0 Å². The molecule has 0 spiro atoms. The molecule has 1 aliphatic rings. The first-order valence-corrected chi connectivity index (χ1v) is 16.5. The summed E-state index contributed by atoms with van der Waals surface area (Å²) < 4.78 is 4.94. The molecular formula is C44H31BN2. The van der Waals surface area contributed by atoms with Crippen molar-refractivity contribution in [1.82, 2.24) is 9.13 Å². The first-order chi connectivity index (χ1) is 23.2. The summed E-state index contributed by atoms with van der Waals surface area (Å²) in [6.45, 7) is 4.69. The van der Waals surface area contributed by atoms with E-state index in [0.717, 1.165) is 0 Å². The first-order valence-electron chi connectivity index (χ1n) is 16.5. The van der Waals surface area contributed by atoms with Crippen LogP contribution in [-0.2, 0) is 0 Å². The van der Waals surface area contributed by atoms with E-state index in [0.29, 0.717) is 0 Å². The molecule has 3 heteroatoms. The van der Waals surface area contributed by atoms with Crippen LogP contribution in [0.4, 0.5) is 0 Å². The molecule has 0 saturated carbocycles. The molecule has 220 valence electrons. The summed E-state index contributed by atoms with van der Waals surface area (Å²) in [5.74, 6) is 0. The lowest BCUT2D eigenvalue weighted by Gasteiger charge is -2.18. The number of rotatable bonds is 3. The molecular weight excluding hydrogens is 567 g/mol. The molecule has 0 radical (unpaired) electrons. The fourth-order valence-corrected chi connectivity index (χ4v) is 8.57. The summed E-state index contributed by atoms with van der Waals surface area (Å²) in [4.78, 5) is 0. The second-order valence-electron chi connectivity index (χ2n) is 13.0. The zero-order chi connectivity index (χ0) is 31.2. The van der Waals surface area contributed by atoms with Gasteiger partial charge in [-0.1, -0.05) is 137 Å². The average molecular weight is 599 g/mol. The van der Waals surface area contributed by atoms with E-state index in [-0.39, 0.29) is 6.71 Å². The van der Waals surface area contributed by atoms with Crippen LogP contribution in [0.5, 0.6) is 0 Å². The van der Waals surface area contributed by atoms with E-state index in [1.807, 2.05) is 0 Å². The van der Waals surface area contributed by atoms with Crippen molar-refractivity contribution >= 4 is 66.7 Å². The Kier molecular flexibility index (Phi) is 5.54. The van der Waals surface area contributed by atoms with Gasteiger partial charge in [-0.2, -0.15) is 0 Å². The number of para-hydroxylation sites is 4. The molecule has 3 heterocycles. The molecule has 7 aromatic carbocycles. The lowest BCUT2D eigenvalue weighted by atomic mass is 9.37. The molecule has 2 nitrogen and oxygen atoms in total. The topological polar surface area (TPSA) is 9.86 Å². The van der Waals surface area contributed by atoms with Crippen molar-refractivity contribution in [3.05, 3.63) is 163 Å². The molecule has 10 rings (SSSR count). The Labute approximate surface area is 274 Å². The van der Waals surface area contributed by atoms with Crippen LogP contribution >= 0.6 is 0 Å². The van der Waals surface area contributed by atoms with Crippen molar-refractivity contribution in [3.8, 4) is 22.5 Å². The highest BCUT2D eigenvalue weighted by Gasteiger charge is 2.37. The summed E-state index contributed by atoms with van der Waals surface area (Å²) in [5, 5.41) is 5.13. The van der Waals surface area contributed by atoms with Gasteiger partial charge < -0.3 is 9.13 Å². The Balaban J connectivity index is 1.32. The zero-order valence-electron chi connectivity index (χ0n) is 26.4. The van der Waals surface area contributed by atoms with Crippen LogP contribution in [0, 0.1) is 13.8 Å². The number of aryl methyl sites for hydroxylation is 2. The fraction of sp³-hybridized carbons (Fsp3) is 0.0455. The molecule has 47 heavy (non-hydrogen) atoms. The second kappa shape index (κ2) is 9.85. The van der Waals surface area contributed by atoms with Gasteiger partial charge in [-0.05, 0) is 61.9 Å². The summed E-state index contributed by atoms with van der Waals surface area (Å²) in [7, 11) is 0. The van der Waals surface area contributed by atoms with Gasteiger partial charge in [-0.25, -0.2) is 0 Å². The lowest BCUT2D eigenvalue weighted by molar-refractivity contribution is 1.17. The predicted octanol–water partition coefficient (Wildman–Crippen LogP) is 8.99. The summed E-state index contributed by atoms with van der Waals surface area (Å²) in [6.07, 6.45) is 0. The van der Waals surface area contributed by atoms with E-state index in [2.05, 4.69) is 175 Å². The Bertz CT molecular complexity index is 2600. The number of hydrogen-bond acceptors (Lipinski definition) is 0. The van der Waals surface area contributed by atoms with Crippen LogP contribution < -0.4 is 16.4 Å². The van der Waals surface area contributed by atoms with Gasteiger partial charge in [0.25, 0.3) is 0 Å². The zero-order valence-corrected chi connectivity index (χ0v) is 26.4. The molecule has 0 bridgehead atoms. The number of aromatic nitrogens is 2. The number of hydrogen-bond donors (Lipinski definition) is 0. The van der Waals surface area contributed by atoms with Gasteiger partial charge in [0.15, 0.2) is 0 Å². The van der Waals surface area contributed by atoms with Gasteiger partial charge in [-0.3, -0.25) is 0 Å². The van der Waals surface area contributed by atoms with Crippen molar-refractivity contribution in [1.29, 1.82) is 0 Å². The molecule has 1 aliphatic heterocycles. The average Bonchev–Trinajstić information content (AvgIpc) is 3.74. The van der Waals surface area contributed by atoms with E-state index in [4.69, 9.17) is 0 Å². The van der Waals surface area contributed by atoms with Crippen molar-refractivity contribution in [3.63, 3.8) is 0 Å². The minimum Gasteiger partial charge on any atom is -0.309 e. The van der Waals surface area contributed by atoms with Gasteiger partial charge in [0.2, 0.25) is 6.71 Å². The maximum Gasteiger partial charge on any atom is 0.243 e. The standard InChI is InChI=1S/C44H31BN2/c1-28-13-11-14-29(2)44(28)45-36-26-25-30(46-38-20-7-3-15-31(38)32-16-4-8-21-39(32)46)27-35(36)43-37(45)19-12-24-42(43)47-40-22-9-5-17-33(40)34-18-6-10-23-41(34)47/h3-27H,1-2H3. The highest BCUT2D eigenvalue weighted by Crippen LogP contribution is 2.39. The minimum absolute atomic E-state index is 0.154. The number of benzene rings is 7.